The zero-order chi connectivity index (χ0) is 14.6. The van der Waals surface area contributed by atoms with Gasteiger partial charge in [-0.15, -0.1) is 0 Å². The number of aromatic nitrogens is 1. The van der Waals surface area contributed by atoms with Crippen molar-refractivity contribution in [1.29, 1.82) is 0 Å². The number of carbonyl (C=O) groups is 1. The van der Waals surface area contributed by atoms with E-state index < -0.39 is 5.97 Å². The number of hydrogen-bond donors (Lipinski definition) is 0. The molecule has 0 aliphatic rings. The predicted octanol–water partition coefficient (Wildman–Crippen LogP) is 2.22. The van der Waals surface area contributed by atoms with Crippen LogP contribution in [0.25, 0.3) is 5.57 Å². The minimum absolute atomic E-state index is 0.0404. The van der Waals surface area contributed by atoms with Gasteiger partial charge in [0.2, 0.25) is 0 Å². The molecule has 0 amide bonds. The first kappa shape index (κ1) is 15.3. The fourth-order valence-electron chi connectivity index (χ4n) is 1.55. The van der Waals surface area contributed by atoms with Crippen molar-refractivity contribution >= 4 is 23.1 Å². The van der Waals surface area contributed by atoms with Crippen LogP contribution < -0.4 is 5.56 Å². The Kier molecular flexibility index (Phi) is 5.18. The first-order valence-corrected chi connectivity index (χ1v) is 6.08. The quantitative estimate of drug-likeness (QED) is 0.483. The lowest BCUT2D eigenvalue weighted by molar-refractivity contribution is 0.0599. The van der Waals surface area contributed by atoms with E-state index in [-0.39, 0.29) is 16.3 Å². The molecule has 0 aliphatic carbocycles. The Labute approximate surface area is 116 Å². The van der Waals surface area contributed by atoms with Crippen molar-refractivity contribution < 1.29 is 14.3 Å². The predicted molar refractivity (Wildman–Crippen MR) is 73.3 cm³/mol. The molecule has 6 heteroatoms. The molecule has 5 nitrogen and oxygen atoms in total. The lowest BCUT2D eigenvalue weighted by atomic mass is 10.0. The van der Waals surface area contributed by atoms with Crippen LogP contribution in [0.15, 0.2) is 17.1 Å². The minimum atomic E-state index is -0.597. The topological polar surface area (TPSA) is 57.5 Å². The van der Waals surface area contributed by atoms with Gasteiger partial charge in [0.25, 0.3) is 5.56 Å². The number of methoxy groups -OCH3 is 1. The maximum absolute atomic E-state index is 11.8. The van der Waals surface area contributed by atoms with Gasteiger partial charge >= 0.3 is 5.97 Å². The Morgan fingerprint density at radius 3 is 2.68 bits per heavy atom. The number of hydrogen-bond acceptors (Lipinski definition) is 4. The van der Waals surface area contributed by atoms with Crippen molar-refractivity contribution in [2.45, 2.75) is 13.8 Å². The third-order valence-corrected chi connectivity index (χ3v) is 3.05. The fourth-order valence-corrected chi connectivity index (χ4v) is 1.81. The molecule has 0 radical (unpaired) electrons. The Morgan fingerprint density at radius 2 is 2.16 bits per heavy atom. The SMILES string of the molecule is CCOC=C(C)c1cc(=O)n(C)c(Cl)c1C(=O)OC. The van der Waals surface area contributed by atoms with E-state index >= 15 is 0 Å². The van der Waals surface area contributed by atoms with Crippen LogP contribution >= 0.6 is 11.6 Å². The smallest absolute Gasteiger partial charge is 0.341 e. The summed E-state index contributed by atoms with van der Waals surface area (Å²) in [5.74, 6) is -0.597. The second kappa shape index (κ2) is 6.43. The highest BCUT2D eigenvalue weighted by atomic mass is 35.5. The van der Waals surface area contributed by atoms with Gasteiger partial charge in [-0.25, -0.2) is 4.79 Å². The maximum Gasteiger partial charge on any atom is 0.341 e. The van der Waals surface area contributed by atoms with E-state index in [2.05, 4.69) is 0 Å². The third-order valence-electron chi connectivity index (χ3n) is 2.61. The monoisotopic (exact) mass is 285 g/mol. The highest BCUT2D eigenvalue weighted by molar-refractivity contribution is 6.33. The van der Waals surface area contributed by atoms with E-state index in [4.69, 9.17) is 21.1 Å². The average Bonchev–Trinajstić information content (AvgIpc) is 2.40. The first-order valence-electron chi connectivity index (χ1n) is 5.70. The van der Waals surface area contributed by atoms with Crippen molar-refractivity contribution in [2.24, 2.45) is 7.05 Å². The number of nitrogens with zero attached hydrogens (tertiary/aromatic N) is 1. The van der Waals surface area contributed by atoms with E-state index in [1.165, 1.54) is 31.1 Å². The van der Waals surface area contributed by atoms with Crippen LogP contribution in [0, 0.1) is 0 Å². The summed E-state index contributed by atoms with van der Waals surface area (Å²) in [4.78, 5) is 23.6. The number of ether oxygens (including phenoxy) is 2. The molecular formula is C13H16ClNO4. The van der Waals surface area contributed by atoms with E-state index in [0.717, 1.165) is 0 Å². The number of rotatable bonds is 4. The summed E-state index contributed by atoms with van der Waals surface area (Å²) in [5.41, 5.74) is 0.881. The first-order chi connectivity index (χ1) is 8.93. The van der Waals surface area contributed by atoms with Crippen molar-refractivity contribution in [3.8, 4) is 0 Å². The van der Waals surface area contributed by atoms with Crippen molar-refractivity contribution in [1.82, 2.24) is 4.57 Å². The summed E-state index contributed by atoms with van der Waals surface area (Å²) in [6.07, 6.45) is 1.48. The standard InChI is InChI=1S/C13H16ClNO4/c1-5-19-7-8(2)9-6-10(16)15(3)12(14)11(9)13(17)18-4/h6-7H,5H2,1-4H3. The van der Waals surface area contributed by atoms with Gasteiger partial charge in [-0.1, -0.05) is 11.6 Å². The molecule has 0 bridgehead atoms. The normalized spacial score (nSPS) is 11.3. The molecule has 0 N–H and O–H groups in total. The summed E-state index contributed by atoms with van der Waals surface area (Å²) in [5, 5.41) is 0.0404. The van der Waals surface area contributed by atoms with E-state index in [0.29, 0.717) is 17.7 Å². The number of esters is 1. The molecule has 0 spiro atoms. The lowest BCUT2D eigenvalue weighted by Crippen LogP contribution is -2.21. The summed E-state index contributed by atoms with van der Waals surface area (Å²) >= 11 is 6.05. The van der Waals surface area contributed by atoms with Gasteiger partial charge in [-0.3, -0.25) is 4.79 Å². The summed E-state index contributed by atoms with van der Waals surface area (Å²) < 4.78 is 11.0. The highest BCUT2D eigenvalue weighted by Crippen LogP contribution is 2.24. The molecule has 0 atom stereocenters. The molecule has 0 saturated carbocycles. The summed E-state index contributed by atoms with van der Waals surface area (Å²) in [6.45, 7) is 4.05. The molecule has 1 rings (SSSR count). The zero-order valence-corrected chi connectivity index (χ0v) is 12.1. The van der Waals surface area contributed by atoms with Crippen LogP contribution in [0.2, 0.25) is 5.15 Å². The Morgan fingerprint density at radius 1 is 1.53 bits per heavy atom. The average molecular weight is 286 g/mol. The van der Waals surface area contributed by atoms with Crippen LogP contribution in [0.3, 0.4) is 0 Å². The molecule has 0 fully saturated rings. The zero-order valence-electron chi connectivity index (χ0n) is 11.3. The molecule has 0 unspecified atom stereocenters. The molecule has 104 valence electrons. The van der Waals surface area contributed by atoms with Gasteiger partial charge in [-0.05, 0) is 19.4 Å². The van der Waals surface area contributed by atoms with Crippen molar-refractivity contribution in [3.63, 3.8) is 0 Å². The van der Waals surface area contributed by atoms with Gasteiger partial charge in [0, 0.05) is 18.7 Å². The molecule has 0 saturated heterocycles. The van der Waals surface area contributed by atoms with E-state index in [1.54, 1.807) is 6.92 Å². The molecular weight excluding hydrogens is 270 g/mol. The molecule has 19 heavy (non-hydrogen) atoms. The van der Waals surface area contributed by atoms with Crippen LogP contribution in [0.5, 0.6) is 0 Å². The maximum atomic E-state index is 11.8. The molecule has 0 aliphatic heterocycles. The Hall–Kier alpha value is -1.75. The second-order valence-electron chi connectivity index (χ2n) is 3.87. The molecule has 1 heterocycles. The lowest BCUT2D eigenvalue weighted by Gasteiger charge is -2.12. The van der Waals surface area contributed by atoms with Gasteiger partial charge in [0.1, 0.15) is 10.7 Å². The van der Waals surface area contributed by atoms with Crippen LogP contribution in [-0.4, -0.2) is 24.3 Å². The van der Waals surface area contributed by atoms with Crippen LogP contribution in [0.1, 0.15) is 29.8 Å². The molecule has 0 aromatic carbocycles. The molecule has 1 aromatic heterocycles. The molecule has 1 aromatic rings. The summed E-state index contributed by atoms with van der Waals surface area (Å²) in [7, 11) is 2.75. The van der Waals surface area contributed by atoms with Gasteiger partial charge in [0.05, 0.1) is 20.0 Å². The van der Waals surface area contributed by atoms with Crippen molar-refractivity contribution in [2.75, 3.05) is 13.7 Å². The van der Waals surface area contributed by atoms with E-state index in [1.807, 2.05) is 6.92 Å². The van der Waals surface area contributed by atoms with Crippen LogP contribution in [-0.2, 0) is 16.5 Å². The van der Waals surface area contributed by atoms with Crippen LogP contribution in [0.4, 0.5) is 0 Å². The fraction of sp³-hybridized carbons (Fsp3) is 0.385. The second-order valence-corrected chi connectivity index (χ2v) is 4.23. The number of allylic oxidation sites excluding steroid dienone is 1. The number of halogens is 1. The van der Waals surface area contributed by atoms with Gasteiger partial charge in [-0.2, -0.15) is 0 Å². The van der Waals surface area contributed by atoms with Gasteiger partial charge < -0.3 is 14.0 Å². The van der Waals surface area contributed by atoms with E-state index in [9.17, 15) is 9.59 Å². The third kappa shape index (κ3) is 3.17. The van der Waals surface area contributed by atoms with Crippen molar-refractivity contribution in [3.05, 3.63) is 39.0 Å². The van der Waals surface area contributed by atoms with Gasteiger partial charge in [0.15, 0.2) is 0 Å². The summed E-state index contributed by atoms with van der Waals surface area (Å²) in [6, 6.07) is 1.34. The number of pyridine rings is 1. The Balaban J connectivity index is 3.54. The largest absolute Gasteiger partial charge is 0.501 e. The minimum Gasteiger partial charge on any atom is -0.501 e. The Bertz CT molecular complexity index is 575. The number of carbonyl (C=O) groups excluding carboxylic acids is 1. The highest BCUT2D eigenvalue weighted by Gasteiger charge is 2.20.